The van der Waals surface area contributed by atoms with E-state index in [0.29, 0.717) is 11.3 Å². The first-order chi connectivity index (χ1) is 14.8. The van der Waals surface area contributed by atoms with E-state index in [9.17, 15) is 4.79 Å². The highest BCUT2D eigenvalue weighted by Gasteiger charge is 2.24. The van der Waals surface area contributed by atoms with Gasteiger partial charge in [-0.1, -0.05) is 36.4 Å². The van der Waals surface area contributed by atoms with Crippen LogP contribution in [-0.2, 0) is 12.8 Å². The van der Waals surface area contributed by atoms with Crippen molar-refractivity contribution >= 4 is 11.7 Å². The lowest BCUT2D eigenvalue weighted by Crippen LogP contribution is -2.16. The van der Waals surface area contributed by atoms with Gasteiger partial charge in [0.2, 0.25) is 0 Å². The van der Waals surface area contributed by atoms with Crippen molar-refractivity contribution in [3.63, 3.8) is 0 Å². The van der Waals surface area contributed by atoms with Crippen LogP contribution in [0.2, 0.25) is 0 Å². The van der Waals surface area contributed by atoms with Gasteiger partial charge in [-0.05, 0) is 67.8 Å². The van der Waals surface area contributed by atoms with Crippen molar-refractivity contribution in [2.75, 3.05) is 5.32 Å². The third-order valence-electron chi connectivity index (χ3n) is 5.24. The molecule has 0 fully saturated rings. The van der Waals surface area contributed by atoms with Gasteiger partial charge in [-0.15, -0.1) is 0 Å². The highest BCUT2D eigenvalue weighted by Crippen LogP contribution is 2.31. The first-order valence-electron chi connectivity index (χ1n) is 10.1. The predicted molar refractivity (Wildman–Crippen MR) is 117 cm³/mol. The molecule has 0 atom stereocenters. The molecule has 0 bridgehead atoms. The van der Waals surface area contributed by atoms with Crippen molar-refractivity contribution in [1.82, 2.24) is 9.78 Å². The third kappa shape index (κ3) is 3.57. The third-order valence-corrected chi connectivity index (χ3v) is 5.24. The standard InChI is InChI=1S/C25H21N3O2/c29-25(18-14-16-21(17-15-18)30-20-10-5-2-6-11-20)26-24-22-12-7-13-23(22)27-28(24)19-8-3-1-4-9-19/h1-6,8-11,14-17H,7,12-13H2,(H,26,29). The van der Waals surface area contributed by atoms with Crippen LogP contribution in [0.4, 0.5) is 5.82 Å². The Kier molecular flexibility index (Phi) is 4.77. The van der Waals surface area contributed by atoms with Gasteiger partial charge in [0.15, 0.2) is 0 Å². The molecule has 1 aliphatic rings. The summed E-state index contributed by atoms with van der Waals surface area (Å²) in [4.78, 5) is 13.0. The lowest BCUT2D eigenvalue weighted by atomic mass is 10.2. The summed E-state index contributed by atoms with van der Waals surface area (Å²) in [5.74, 6) is 2.06. The fraction of sp³-hybridized carbons (Fsp3) is 0.120. The normalized spacial score (nSPS) is 12.4. The summed E-state index contributed by atoms with van der Waals surface area (Å²) >= 11 is 0. The quantitative estimate of drug-likeness (QED) is 0.492. The number of fused-ring (bicyclic) bond motifs is 1. The Balaban J connectivity index is 1.38. The largest absolute Gasteiger partial charge is 0.457 e. The molecule has 5 nitrogen and oxygen atoms in total. The number of aromatic nitrogens is 2. The molecule has 1 amide bonds. The van der Waals surface area contributed by atoms with Crippen molar-refractivity contribution in [2.45, 2.75) is 19.3 Å². The van der Waals surface area contributed by atoms with E-state index in [1.165, 1.54) is 0 Å². The first-order valence-corrected chi connectivity index (χ1v) is 10.1. The maximum Gasteiger partial charge on any atom is 0.256 e. The number of nitrogens with one attached hydrogen (secondary N) is 1. The molecule has 0 saturated heterocycles. The Hall–Kier alpha value is -3.86. The molecule has 30 heavy (non-hydrogen) atoms. The van der Waals surface area contributed by atoms with E-state index in [-0.39, 0.29) is 5.91 Å². The monoisotopic (exact) mass is 395 g/mol. The van der Waals surface area contributed by atoms with E-state index < -0.39 is 0 Å². The zero-order chi connectivity index (χ0) is 20.3. The SMILES string of the molecule is O=C(Nc1c2c(nn1-c1ccccc1)CCC2)c1ccc(Oc2ccccc2)cc1. The second-order valence-electron chi connectivity index (χ2n) is 7.27. The number of para-hydroxylation sites is 2. The molecule has 1 aromatic heterocycles. The number of rotatable bonds is 5. The van der Waals surface area contributed by atoms with Crippen LogP contribution in [-0.4, -0.2) is 15.7 Å². The summed E-state index contributed by atoms with van der Waals surface area (Å²) in [6, 6.07) is 26.6. The Morgan fingerprint density at radius 3 is 2.23 bits per heavy atom. The first kappa shape index (κ1) is 18.2. The number of nitrogens with zero attached hydrogens (tertiary/aromatic N) is 2. The lowest BCUT2D eigenvalue weighted by Gasteiger charge is -2.11. The topological polar surface area (TPSA) is 56.2 Å². The highest BCUT2D eigenvalue weighted by atomic mass is 16.5. The Morgan fingerprint density at radius 2 is 1.50 bits per heavy atom. The van der Waals surface area contributed by atoms with Crippen molar-refractivity contribution in [3.05, 3.63) is 102 Å². The van der Waals surface area contributed by atoms with Gasteiger partial charge < -0.3 is 10.1 Å². The van der Waals surface area contributed by atoms with E-state index in [1.807, 2.05) is 65.3 Å². The Morgan fingerprint density at radius 1 is 0.833 bits per heavy atom. The molecule has 1 N–H and O–H groups in total. The molecule has 0 aliphatic heterocycles. The summed E-state index contributed by atoms with van der Waals surface area (Å²) in [6.45, 7) is 0. The summed E-state index contributed by atoms with van der Waals surface area (Å²) in [6.07, 6.45) is 2.95. The molecular weight excluding hydrogens is 374 g/mol. The zero-order valence-corrected chi connectivity index (χ0v) is 16.4. The molecule has 0 spiro atoms. The molecule has 1 aliphatic carbocycles. The molecule has 0 radical (unpaired) electrons. The van der Waals surface area contributed by atoms with E-state index in [0.717, 1.165) is 47.8 Å². The van der Waals surface area contributed by atoms with Gasteiger partial charge in [-0.2, -0.15) is 5.10 Å². The second kappa shape index (κ2) is 7.87. The molecule has 0 unspecified atom stereocenters. The van der Waals surface area contributed by atoms with Crippen LogP contribution in [0.1, 0.15) is 28.0 Å². The van der Waals surface area contributed by atoms with Gasteiger partial charge in [0.25, 0.3) is 5.91 Å². The Labute approximate surface area is 174 Å². The molecule has 5 heteroatoms. The van der Waals surface area contributed by atoms with Crippen LogP contribution in [0.5, 0.6) is 11.5 Å². The number of hydrogen-bond acceptors (Lipinski definition) is 3. The number of ether oxygens (including phenoxy) is 1. The fourth-order valence-electron chi connectivity index (χ4n) is 3.75. The van der Waals surface area contributed by atoms with Gasteiger partial charge in [0, 0.05) is 11.1 Å². The highest BCUT2D eigenvalue weighted by molar-refractivity contribution is 6.04. The molecule has 5 rings (SSSR count). The maximum absolute atomic E-state index is 13.0. The molecule has 0 saturated carbocycles. The van der Waals surface area contributed by atoms with Crippen LogP contribution in [0.25, 0.3) is 5.69 Å². The van der Waals surface area contributed by atoms with Gasteiger partial charge >= 0.3 is 0 Å². The molecular formula is C25H21N3O2. The maximum atomic E-state index is 13.0. The summed E-state index contributed by atoms with van der Waals surface area (Å²) < 4.78 is 7.65. The van der Waals surface area contributed by atoms with Crippen molar-refractivity contribution < 1.29 is 9.53 Å². The van der Waals surface area contributed by atoms with Crippen molar-refractivity contribution in [2.24, 2.45) is 0 Å². The smallest absolute Gasteiger partial charge is 0.256 e. The number of carbonyl (C=O) groups excluding carboxylic acids is 1. The van der Waals surface area contributed by atoms with E-state index in [4.69, 9.17) is 9.84 Å². The summed E-state index contributed by atoms with van der Waals surface area (Å²) in [5, 5.41) is 7.85. The average molecular weight is 395 g/mol. The van der Waals surface area contributed by atoms with Crippen LogP contribution in [0.15, 0.2) is 84.9 Å². The summed E-state index contributed by atoms with van der Waals surface area (Å²) in [7, 11) is 0. The number of anilines is 1. The van der Waals surface area contributed by atoms with Gasteiger partial charge in [-0.25, -0.2) is 4.68 Å². The average Bonchev–Trinajstić information content (AvgIpc) is 3.38. The molecule has 1 heterocycles. The fourth-order valence-corrected chi connectivity index (χ4v) is 3.75. The second-order valence-corrected chi connectivity index (χ2v) is 7.27. The number of benzene rings is 3. The van der Waals surface area contributed by atoms with Crippen LogP contribution < -0.4 is 10.1 Å². The van der Waals surface area contributed by atoms with Crippen LogP contribution in [0.3, 0.4) is 0 Å². The van der Waals surface area contributed by atoms with Gasteiger partial charge in [0.1, 0.15) is 17.3 Å². The number of aryl methyl sites for hydroxylation is 1. The van der Waals surface area contributed by atoms with Crippen molar-refractivity contribution in [3.8, 4) is 17.2 Å². The molecule has 4 aromatic rings. The number of carbonyl (C=O) groups is 1. The molecule has 3 aromatic carbocycles. The van der Waals surface area contributed by atoms with Crippen LogP contribution >= 0.6 is 0 Å². The molecule has 148 valence electrons. The lowest BCUT2D eigenvalue weighted by molar-refractivity contribution is 0.102. The van der Waals surface area contributed by atoms with E-state index in [2.05, 4.69) is 5.32 Å². The Bertz CT molecular complexity index is 1170. The number of amides is 1. The van der Waals surface area contributed by atoms with E-state index >= 15 is 0 Å². The van der Waals surface area contributed by atoms with Crippen LogP contribution in [0, 0.1) is 0 Å². The van der Waals surface area contributed by atoms with Crippen molar-refractivity contribution in [1.29, 1.82) is 0 Å². The minimum absolute atomic E-state index is 0.159. The van der Waals surface area contributed by atoms with E-state index in [1.54, 1.807) is 24.3 Å². The van der Waals surface area contributed by atoms with Gasteiger partial charge in [0.05, 0.1) is 11.4 Å². The minimum atomic E-state index is -0.159. The summed E-state index contributed by atoms with van der Waals surface area (Å²) in [5.41, 5.74) is 3.72. The zero-order valence-electron chi connectivity index (χ0n) is 16.4. The number of hydrogen-bond donors (Lipinski definition) is 1. The van der Waals surface area contributed by atoms with Gasteiger partial charge in [-0.3, -0.25) is 4.79 Å². The minimum Gasteiger partial charge on any atom is -0.457 e. The predicted octanol–water partition coefficient (Wildman–Crippen LogP) is 5.41.